The van der Waals surface area contributed by atoms with E-state index in [1.165, 1.54) is 7.11 Å². The zero-order valence-electron chi connectivity index (χ0n) is 14.6. The second-order valence-corrected chi connectivity index (χ2v) is 5.46. The quantitative estimate of drug-likeness (QED) is 0.709. The molecule has 2 heterocycles. The maximum atomic E-state index is 12.1. The van der Waals surface area contributed by atoms with Crippen molar-refractivity contribution in [1.82, 2.24) is 25.1 Å². The van der Waals surface area contributed by atoms with E-state index in [0.717, 1.165) is 11.6 Å². The molecule has 0 spiro atoms. The van der Waals surface area contributed by atoms with Crippen LogP contribution in [0.5, 0.6) is 5.88 Å². The third kappa shape index (κ3) is 4.34. The Labute approximate surface area is 141 Å². The molecule has 0 saturated heterocycles. The minimum absolute atomic E-state index is 0.227. The molecule has 2 N–H and O–H groups in total. The van der Waals surface area contributed by atoms with Crippen LogP contribution in [-0.2, 0) is 7.05 Å². The van der Waals surface area contributed by atoms with Crippen molar-refractivity contribution in [2.24, 2.45) is 7.05 Å². The van der Waals surface area contributed by atoms with Gasteiger partial charge in [0, 0.05) is 46.5 Å². The van der Waals surface area contributed by atoms with E-state index >= 15 is 0 Å². The second-order valence-electron chi connectivity index (χ2n) is 5.46. The Kier molecular flexibility index (Phi) is 5.56. The maximum Gasteiger partial charge on any atom is 0.258 e. The SMILES string of the molecule is COc1nn(C)cc1C(=O)NCCNc1cc(N(C)C)nc(C)n1. The monoisotopic (exact) mass is 333 g/mol. The topological polar surface area (TPSA) is 97.2 Å². The molecule has 0 unspecified atom stereocenters. The summed E-state index contributed by atoms with van der Waals surface area (Å²) < 4.78 is 6.62. The molecule has 0 aliphatic heterocycles. The third-order valence-electron chi connectivity index (χ3n) is 3.23. The van der Waals surface area contributed by atoms with Crippen LogP contribution in [-0.4, -0.2) is 60.0 Å². The number of hydrogen-bond donors (Lipinski definition) is 2. The van der Waals surface area contributed by atoms with Crippen LogP contribution in [0.25, 0.3) is 0 Å². The van der Waals surface area contributed by atoms with Crippen molar-refractivity contribution in [3.05, 3.63) is 23.7 Å². The van der Waals surface area contributed by atoms with Crippen LogP contribution in [0.2, 0.25) is 0 Å². The van der Waals surface area contributed by atoms with Gasteiger partial charge in [0.15, 0.2) is 0 Å². The first-order valence-corrected chi connectivity index (χ1v) is 7.53. The molecule has 0 aromatic carbocycles. The number of aryl methyl sites for hydroxylation is 2. The van der Waals surface area contributed by atoms with Gasteiger partial charge in [0.05, 0.1) is 7.11 Å². The molecule has 9 heteroatoms. The maximum absolute atomic E-state index is 12.1. The van der Waals surface area contributed by atoms with Crippen LogP contribution in [0.3, 0.4) is 0 Å². The Morgan fingerprint density at radius 1 is 1.33 bits per heavy atom. The van der Waals surface area contributed by atoms with Crippen molar-refractivity contribution in [3.63, 3.8) is 0 Å². The van der Waals surface area contributed by atoms with Crippen molar-refractivity contribution in [2.45, 2.75) is 6.92 Å². The number of carbonyl (C=O) groups is 1. The fraction of sp³-hybridized carbons (Fsp3) is 0.467. The largest absolute Gasteiger partial charge is 0.479 e. The summed E-state index contributed by atoms with van der Waals surface area (Å²) in [5.74, 6) is 2.32. The number of methoxy groups -OCH3 is 1. The molecule has 0 fully saturated rings. The van der Waals surface area contributed by atoms with Crippen molar-refractivity contribution in [1.29, 1.82) is 0 Å². The van der Waals surface area contributed by atoms with Gasteiger partial charge >= 0.3 is 0 Å². The lowest BCUT2D eigenvalue weighted by Crippen LogP contribution is -2.29. The Hall–Kier alpha value is -2.84. The van der Waals surface area contributed by atoms with Gasteiger partial charge in [0.1, 0.15) is 23.0 Å². The first-order chi connectivity index (χ1) is 11.4. The van der Waals surface area contributed by atoms with Gasteiger partial charge in [-0.1, -0.05) is 0 Å². The lowest BCUT2D eigenvalue weighted by Gasteiger charge is -2.14. The van der Waals surface area contributed by atoms with E-state index in [0.29, 0.717) is 30.4 Å². The molecule has 0 aliphatic carbocycles. The van der Waals surface area contributed by atoms with Crippen molar-refractivity contribution >= 4 is 17.5 Å². The third-order valence-corrected chi connectivity index (χ3v) is 3.23. The van der Waals surface area contributed by atoms with Crippen LogP contribution in [0.4, 0.5) is 11.6 Å². The number of ether oxygens (including phenoxy) is 1. The van der Waals surface area contributed by atoms with Gasteiger partial charge in [-0.2, -0.15) is 0 Å². The molecule has 130 valence electrons. The number of anilines is 2. The fourth-order valence-electron chi connectivity index (χ4n) is 2.11. The Bertz CT molecular complexity index is 712. The number of amides is 1. The molecule has 0 bridgehead atoms. The number of nitrogens with one attached hydrogen (secondary N) is 2. The average Bonchev–Trinajstić information content (AvgIpc) is 2.92. The molecule has 0 saturated carbocycles. The molecule has 2 aromatic rings. The zero-order valence-corrected chi connectivity index (χ0v) is 14.6. The predicted octanol–water partition coefficient (Wildman–Crippen LogP) is 0.435. The van der Waals surface area contributed by atoms with E-state index in [-0.39, 0.29) is 5.91 Å². The van der Waals surface area contributed by atoms with Crippen LogP contribution in [0, 0.1) is 6.92 Å². The van der Waals surface area contributed by atoms with E-state index in [2.05, 4.69) is 25.7 Å². The Balaban J connectivity index is 1.88. The lowest BCUT2D eigenvalue weighted by atomic mass is 10.3. The summed E-state index contributed by atoms with van der Waals surface area (Å²) in [6.07, 6.45) is 1.62. The van der Waals surface area contributed by atoms with E-state index in [4.69, 9.17) is 4.74 Å². The number of hydrogen-bond acceptors (Lipinski definition) is 7. The van der Waals surface area contributed by atoms with Crippen molar-refractivity contribution in [2.75, 3.05) is 44.5 Å². The normalized spacial score (nSPS) is 10.4. The highest BCUT2D eigenvalue weighted by atomic mass is 16.5. The molecule has 0 aliphatic rings. The van der Waals surface area contributed by atoms with Crippen molar-refractivity contribution < 1.29 is 9.53 Å². The van der Waals surface area contributed by atoms with Gasteiger partial charge in [-0.3, -0.25) is 9.48 Å². The Morgan fingerprint density at radius 3 is 2.75 bits per heavy atom. The second kappa shape index (κ2) is 7.62. The van der Waals surface area contributed by atoms with E-state index in [1.807, 2.05) is 32.0 Å². The standard InChI is InChI=1S/C15H23N7O2/c1-10-18-12(8-13(19-10)21(2)3)16-6-7-17-14(23)11-9-22(4)20-15(11)24-5/h8-9H,6-7H2,1-5H3,(H,17,23)(H,16,18,19). The summed E-state index contributed by atoms with van der Waals surface area (Å²) in [4.78, 5) is 22.7. The molecule has 1 amide bonds. The molecular formula is C15H23N7O2. The fourth-order valence-corrected chi connectivity index (χ4v) is 2.11. The number of rotatable bonds is 7. The van der Waals surface area contributed by atoms with Crippen LogP contribution < -0.4 is 20.3 Å². The first-order valence-electron chi connectivity index (χ1n) is 7.53. The molecule has 9 nitrogen and oxygen atoms in total. The minimum Gasteiger partial charge on any atom is -0.479 e. The number of aromatic nitrogens is 4. The van der Waals surface area contributed by atoms with Gasteiger partial charge in [-0.15, -0.1) is 5.10 Å². The summed E-state index contributed by atoms with van der Waals surface area (Å²) in [5, 5.41) is 10.1. The summed E-state index contributed by atoms with van der Waals surface area (Å²) in [6, 6.07) is 1.86. The van der Waals surface area contributed by atoms with Crippen LogP contribution >= 0.6 is 0 Å². The van der Waals surface area contributed by atoms with Crippen molar-refractivity contribution in [3.8, 4) is 5.88 Å². The highest BCUT2D eigenvalue weighted by Gasteiger charge is 2.15. The summed E-state index contributed by atoms with van der Waals surface area (Å²) in [5.41, 5.74) is 0.410. The highest BCUT2D eigenvalue weighted by Crippen LogP contribution is 2.14. The molecule has 0 atom stereocenters. The molecule has 2 rings (SSSR count). The van der Waals surface area contributed by atoms with Crippen LogP contribution in [0.1, 0.15) is 16.2 Å². The van der Waals surface area contributed by atoms with Gasteiger partial charge < -0.3 is 20.3 Å². The lowest BCUT2D eigenvalue weighted by molar-refractivity contribution is 0.0952. The van der Waals surface area contributed by atoms with E-state index in [9.17, 15) is 4.79 Å². The highest BCUT2D eigenvalue weighted by molar-refractivity contribution is 5.96. The smallest absolute Gasteiger partial charge is 0.258 e. The van der Waals surface area contributed by atoms with Gasteiger partial charge in [-0.05, 0) is 6.92 Å². The first kappa shape index (κ1) is 17.5. The zero-order chi connectivity index (χ0) is 17.7. The van der Waals surface area contributed by atoms with Gasteiger partial charge in [0.25, 0.3) is 5.91 Å². The van der Waals surface area contributed by atoms with Gasteiger partial charge in [0.2, 0.25) is 5.88 Å². The van der Waals surface area contributed by atoms with Gasteiger partial charge in [-0.25, -0.2) is 9.97 Å². The summed E-state index contributed by atoms with van der Waals surface area (Å²) in [7, 11) is 7.07. The molecule has 0 radical (unpaired) electrons. The molecule has 24 heavy (non-hydrogen) atoms. The predicted molar refractivity (Wildman–Crippen MR) is 91.7 cm³/mol. The average molecular weight is 333 g/mol. The van der Waals surface area contributed by atoms with E-state index in [1.54, 1.807) is 17.9 Å². The summed E-state index contributed by atoms with van der Waals surface area (Å²) >= 11 is 0. The minimum atomic E-state index is -0.227. The summed E-state index contributed by atoms with van der Waals surface area (Å²) in [6.45, 7) is 2.82. The molecular weight excluding hydrogens is 310 g/mol. The Morgan fingerprint density at radius 2 is 2.08 bits per heavy atom. The number of carbonyl (C=O) groups excluding carboxylic acids is 1. The van der Waals surface area contributed by atoms with Crippen LogP contribution in [0.15, 0.2) is 12.3 Å². The number of nitrogens with zero attached hydrogens (tertiary/aromatic N) is 5. The molecule has 2 aromatic heterocycles. The van der Waals surface area contributed by atoms with E-state index < -0.39 is 0 Å².